The van der Waals surface area contributed by atoms with E-state index in [0.717, 1.165) is 9.37 Å². The molecule has 0 radical (unpaired) electrons. The Morgan fingerprint density at radius 2 is 2.40 bits per heavy atom. The molecule has 0 saturated carbocycles. The van der Waals surface area contributed by atoms with E-state index >= 15 is 0 Å². The molecule has 1 aromatic rings. The first-order chi connectivity index (χ1) is 4.74. The zero-order valence-electron chi connectivity index (χ0n) is 5.27. The minimum atomic E-state index is 0.512. The minimum absolute atomic E-state index is 0.512. The van der Waals surface area contributed by atoms with Crippen molar-refractivity contribution in [3.8, 4) is 0 Å². The van der Waals surface area contributed by atoms with Gasteiger partial charge in [0.15, 0.2) is 0 Å². The van der Waals surface area contributed by atoms with Crippen LogP contribution in [0.2, 0.25) is 5.15 Å². The van der Waals surface area contributed by atoms with Crippen LogP contribution in [0.1, 0.15) is 0 Å². The molecule has 54 valence electrons. The third-order valence-electron chi connectivity index (χ3n) is 1.01. The van der Waals surface area contributed by atoms with Crippen molar-refractivity contribution in [2.24, 2.45) is 0 Å². The summed E-state index contributed by atoms with van der Waals surface area (Å²) in [5.74, 6) is 0. The zero-order chi connectivity index (χ0) is 7.56. The van der Waals surface area contributed by atoms with Crippen LogP contribution in [-0.4, -0.2) is 11.2 Å². The molecule has 0 spiro atoms. The summed E-state index contributed by atoms with van der Waals surface area (Å²) >= 11 is 10.6. The fourth-order valence-electron chi connectivity index (χ4n) is 0.515. The lowest BCUT2D eigenvalue weighted by atomic mass is 10.5. The van der Waals surface area contributed by atoms with Crippen molar-refractivity contribution in [2.45, 2.75) is 4.90 Å². The standard InChI is InChI=1S/C6H5BrClNS/c1-10-4-2-5(7)6(8)9-3-4/h2-3H,1H3. The van der Waals surface area contributed by atoms with Crippen LogP contribution >= 0.6 is 39.3 Å². The summed E-state index contributed by atoms with van der Waals surface area (Å²) in [4.78, 5) is 5.05. The number of hydrogen-bond donors (Lipinski definition) is 0. The number of hydrogen-bond acceptors (Lipinski definition) is 2. The largest absolute Gasteiger partial charge is 0.242 e. The molecule has 0 unspecified atom stereocenters. The number of halogens is 2. The van der Waals surface area contributed by atoms with Crippen LogP contribution < -0.4 is 0 Å². The first-order valence-corrected chi connectivity index (χ1v) is 4.98. The van der Waals surface area contributed by atoms with Gasteiger partial charge in [0.05, 0.1) is 4.47 Å². The summed E-state index contributed by atoms with van der Waals surface area (Å²) in [6.07, 6.45) is 3.75. The van der Waals surface area contributed by atoms with Gasteiger partial charge in [0.2, 0.25) is 0 Å². The van der Waals surface area contributed by atoms with Crippen molar-refractivity contribution in [2.75, 3.05) is 6.26 Å². The SMILES string of the molecule is CSc1cnc(Cl)c(Br)c1. The first-order valence-electron chi connectivity index (χ1n) is 2.59. The van der Waals surface area contributed by atoms with Gasteiger partial charge in [-0.2, -0.15) is 0 Å². The van der Waals surface area contributed by atoms with E-state index in [1.807, 2.05) is 12.3 Å². The predicted molar refractivity (Wildman–Crippen MR) is 48.7 cm³/mol. The fourth-order valence-corrected chi connectivity index (χ4v) is 1.51. The molecule has 0 aromatic carbocycles. The van der Waals surface area contributed by atoms with Crippen molar-refractivity contribution in [1.82, 2.24) is 4.98 Å². The minimum Gasteiger partial charge on any atom is -0.242 e. The van der Waals surface area contributed by atoms with Gasteiger partial charge in [-0.15, -0.1) is 11.8 Å². The summed E-state index contributed by atoms with van der Waals surface area (Å²) < 4.78 is 0.848. The molecular weight excluding hydrogens is 233 g/mol. The molecular formula is C6H5BrClNS. The third-order valence-corrected chi connectivity index (χ3v) is 2.84. The van der Waals surface area contributed by atoms with Gasteiger partial charge in [-0.25, -0.2) is 4.98 Å². The Morgan fingerprint density at radius 3 is 2.90 bits per heavy atom. The van der Waals surface area contributed by atoms with Gasteiger partial charge >= 0.3 is 0 Å². The van der Waals surface area contributed by atoms with Gasteiger partial charge in [-0.3, -0.25) is 0 Å². The summed E-state index contributed by atoms with van der Waals surface area (Å²) in [6, 6.07) is 1.94. The Hall–Kier alpha value is 0.270. The molecule has 1 nitrogen and oxygen atoms in total. The lowest BCUT2D eigenvalue weighted by Crippen LogP contribution is -1.77. The van der Waals surface area contributed by atoms with E-state index in [0.29, 0.717) is 5.15 Å². The van der Waals surface area contributed by atoms with Crippen molar-refractivity contribution in [1.29, 1.82) is 0 Å². The fraction of sp³-hybridized carbons (Fsp3) is 0.167. The van der Waals surface area contributed by atoms with Gasteiger partial charge in [0.1, 0.15) is 5.15 Å². The summed E-state index contributed by atoms with van der Waals surface area (Å²) in [5, 5.41) is 0.512. The van der Waals surface area contributed by atoms with Gasteiger partial charge in [-0.05, 0) is 28.3 Å². The number of thioether (sulfide) groups is 1. The van der Waals surface area contributed by atoms with E-state index in [-0.39, 0.29) is 0 Å². The molecule has 1 heterocycles. The number of rotatable bonds is 1. The van der Waals surface area contributed by atoms with E-state index < -0.39 is 0 Å². The molecule has 0 atom stereocenters. The summed E-state index contributed by atoms with van der Waals surface area (Å²) in [7, 11) is 0. The number of pyridine rings is 1. The average molecular weight is 239 g/mol. The third kappa shape index (κ3) is 1.87. The van der Waals surface area contributed by atoms with E-state index in [2.05, 4.69) is 20.9 Å². The van der Waals surface area contributed by atoms with Crippen molar-refractivity contribution >= 4 is 39.3 Å². The maximum Gasteiger partial charge on any atom is 0.143 e. The highest BCUT2D eigenvalue weighted by molar-refractivity contribution is 9.10. The molecule has 10 heavy (non-hydrogen) atoms. The smallest absolute Gasteiger partial charge is 0.143 e. The van der Waals surface area contributed by atoms with Gasteiger partial charge in [-0.1, -0.05) is 11.6 Å². The molecule has 0 amide bonds. The van der Waals surface area contributed by atoms with Crippen LogP contribution in [0, 0.1) is 0 Å². The molecule has 0 saturated heterocycles. The molecule has 0 bridgehead atoms. The monoisotopic (exact) mass is 237 g/mol. The Labute approximate surface area is 77.3 Å². The maximum absolute atomic E-state index is 5.67. The second-order valence-corrected chi connectivity index (χ2v) is 3.74. The quantitative estimate of drug-likeness (QED) is 0.550. The van der Waals surface area contributed by atoms with Crippen molar-refractivity contribution < 1.29 is 0 Å². The Kier molecular flexibility index (Phi) is 3.01. The van der Waals surface area contributed by atoms with Crippen LogP contribution in [0.5, 0.6) is 0 Å². The zero-order valence-corrected chi connectivity index (χ0v) is 8.42. The van der Waals surface area contributed by atoms with Crippen molar-refractivity contribution in [3.63, 3.8) is 0 Å². The highest BCUT2D eigenvalue weighted by Gasteiger charge is 1.97. The summed E-state index contributed by atoms with van der Waals surface area (Å²) in [5.41, 5.74) is 0. The molecule has 0 fully saturated rings. The van der Waals surface area contributed by atoms with Crippen LogP contribution in [0.3, 0.4) is 0 Å². The summed E-state index contributed by atoms with van der Waals surface area (Å²) in [6.45, 7) is 0. The number of nitrogens with zero attached hydrogens (tertiary/aromatic N) is 1. The molecule has 0 aliphatic rings. The normalized spacial score (nSPS) is 9.90. The van der Waals surface area contributed by atoms with Crippen LogP contribution in [0.15, 0.2) is 21.6 Å². The van der Waals surface area contributed by atoms with Crippen LogP contribution in [0.4, 0.5) is 0 Å². The van der Waals surface area contributed by atoms with Crippen LogP contribution in [-0.2, 0) is 0 Å². The highest BCUT2D eigenvalue weighted by atomic mass is 79.9. The van der Waals surface area contributed by atoms with Crippen LogP contribution in [0.25, 0.3) is 0 Å². The topological polar surface area (TPSA) is 12.9 Å². The molecule has 0 aliphatic heterocycles. The van der Waals surface area contributed by atoms with E-state index in [9.17, 15) is 0 Å². The molecule has 0 aliphatic carbocycles. The Bertz CT molecular complexity index is 241. The predicted octanol–water partition coefficient (Wildman–Crippen LogP) is 3.22. The Balaban J connectivity index is 3.04. The van der Waals surface area contributed by atoms with Gasteiger partial charge < -0.3 is 0 Å². The molecule has 0 N–H and O–H groups in total. The van der Waals surface area contributed by atoms with Crippen molar-refractivity contribution in [3.05, 3.63) is 21.9 Å². The van der Waals surface area contributed by atoms with E-state index in [1.54, 1.807) is 18.0 Å². The lowest BCUT2D eigenvalue weighted by Gasteiger charge is -1.96. The first kappa shape index (κ1) is 8.37. The van der Waals surface area contributed by atoms with Gasteiger partial charge in [0, 0.05) is 11.1 Å². The molecule has 1 aromatic heterocycles. The molecule has 4 heteroatoms. The van der Waals surface area contributed by atoms with E-state index in [1.165, 1.54) is 0 Å². The number of aromatic nitrogens is 1. The maximum atomic E-state index is 5.67. The lowest BCUT2D eigenvalue weighted by molar-refractivity contribution is 1.22. The highest BCUT2D eigenvalue weighted by Crippen LogP contribution is 2.24. The Morgan fingerprint density at radius 1 is 1.70 bits per heavy atom. The van der Waals surface area contributed by atoms with E-state index in [4.69, 9.17) is 11.6 Å². The second-order valence-electron chi connectivity index (χ2n) is 1.65. The average Bonchev–Trinajstić information content (AvgIpc) is 1.95. The molecule has 1 rings (SSSR count). The second kappa shape index (κ2) is 3.60. The van der Waals surface area contributed by atoms with Gasteiger partial charge in [0.25, 0.3) is 0 Å².